The summed E-state index contributed by atoms with van der Waals surface area (Å²) in [6, 6.07) is 16.5. The standard InChI is InChI=1S/C23H29NO3/c1-3-27-21-12-9-18(10-13-21)11-14-23(25)24-15-5-7-20(24)16-19-6-4-8-22(17-19)26-2/h4,6,8-10,12-13,17,20H,3,5,7,11,14-16H2,1-2H3. The van der Waals surface area contributed by atoms with Gasteiger partial charge in [-0.25, -0.2) is 0 Å². The Hall–Kier alpha value is -2.49. The molecule has 2 aromatic rings. The van der Waals surface area contributed by atoms with Gasteiger partial charge in [-0.05, 0) is 68.0 Å². The van der Waals surface area contributed by atoms with Gasteiger partial charge in [0.05, 0.1) is 13.7 Å². The number of likely N-dealkylation sites (tertiary alicyclic amines) is 1. The third kappa shape index (κ3) is 5.25. The second kappa shape index (κ2) is 9.45. The quantitative estimate of drug-likeness (QED) is 0.700. The van der Waals surface area contributed by atoms with Crippen LogP contribution in [-0.2, 0) is 17.6 Å². The highest BCUT2D eigenvalue weighted by molar-refractivity contribution is 5.77. The van der Waals surface area contributed by atoms with Gasteiger partial charge in [-0.2, -0.15) is 0 Å². The van der Waals surface area contributed by atoms with E-state index < -0.39 is 0 Å². The summed E-state index contributed by atoms with van der Waals surface area (Å²) in [7, 11) is 1.69. The van der Waals surface area contributed by atoms with Gasteiger partial charge in [0, 0.05) is 19.0 Å². The van der Waals surface area contributed by atoms with Crippen molar-refractivity contribution in [3.8, 4) is 11.5 Å². The van der Waals surface area contributed by atoms with Crippen LogP contribution < -0.4 is 9.47 Å². The Labute approximate surface area is 162 Å². The summed E-state index contributed by atoms with van der Waals surface area (Å²) in [5.74, 6) is 2.01. The van der Waals surface area contributed by atoms with E-state index in [1.165, 1.54) is 11.1 Å². The average molecular weight is 367 g/mol. The highest BCUT2D eigenvalue weighted by Crippen LogP contribution is 2.24. The van der Waals surface area contributed by atoms with Gasteiger partial charge in [0.15, 0.2) is 0 Å². The van der Waals surface area contributed by atoms with Crippen LogP contribution in [0.15, 0.2) is 48.5 Å². The zero-order chi connectivity index (χ0) is 19.1. The van der Waals surface area contributed by atoms with E-state index in [0.717, 1.165) is 43.7 Å². The van der Waals surface area contributed by atoms with Gasteiger partial charge in [0.1, 0.15) is 11.5 Å². The first kappa shape index (κ1) is 19.3. The number of hydrogen-bond acceptors (Lipinski definition) is 3. The molecular formula is C23H29NO3. The van der Waals surface area contributed by atoms with Gasteiger partial charge in [0.2, 0.25) is 5.91 Å². The van der Waals surface area contributed by atoms with Crippen LogP contribution >= 0.6 is 0 Å². The highest BCUT2D eigenvalue weighted by atomic mass is 16.5. The largest absolute Gasteiger partial charge is 0.497 e. The number of aryl methyl sites for hydroxylation is 1. The van der Waals surface area contributed by atoms with Gasteiger partial charge in [-0.3, -0.25) is 4.79 Å². The molecule has 2 aromatic carbocycles. The van der Waals surface area contributed by atoms with E-state index in [0.29, 0.717) is 19.1 Å². The summed E-state index contributed by atoms with van der Waals surface area (Å²) in [4.78, 5) is 14.9. The maximum atomic E-state index is 12.8. The Morgan fingerprint density at radius 3 is 2.67 bits per heavy atom. The monoisotopic (exact) mass is 367 g/mol. The molecule has 3 rings (SSSR count). The third-order valence-corrected chi connectivity index (χ3v) is 5.16. The third-order valence-electron chi connectivity index (χ3n) is 5.16. The van der Waals surface area contributed by atoms with Gasteiger partial charge in [-0.1, -0.05) is 24.3 Å². The van der Waals surface area contributed by atoms with E-state index in [-0.39, 0.29) is 5.91 Å². The lowest BCUT2D eigenvalue weighted by Crippen LogP contribution is -2.36. The van der Waals surface area contributed by atoms with E-state index in [1.54, 1.807) is 7.11 Å². The minimum atomic E-state index is 0.259. The van der Waals surface area contributed by atoms with Crippen LogP contribution in [0.2, 0.25) is 0 Å². The molecule has 1 aliphatic heterocycles. The maximum absolute atomic E-state index is 12.8. The van der Waals surface area contributed by atoms with E-state index in [4.69, 9.17) is 9.47 Å². The molecule has 27 heavy (non-hydrogen) atoms. The summed E-state index contributed by atoms with van der Waals surface area (Å²) >= 11 is 0. The average Bonchev–Trinajstić information content (AvgIpc) is 3.16. The van der Waals surface area contributed by atoms with Crippen molar-refractivity contribution in [1.29, 1.82) is 0 Å². The predicted octanol–water partition coefficient (Wildman–Crippen LogP) is 4.26. The topological polar surface area (TPSA) is 38.8 Å². The zero-order valence-corrected chi connectivity index (χ0v) is 16.3. The first-order valence-corrected chi connectivity index (χ1v) is 9.83. The molecule has 1 saturated heterocycles. The number of amides is 1. The van der Waals surface area contributed by atoms with Crippen molar-refractivity contribution in [2.24, 2.45) is 0 Å². The van der Waals surface area contributed by atoms with Crippen LogP contribution in [0.1, 0.15) is 37.3 Å². The van der Waals surface area contributed by atoms with Crippen molar-refractivity contribution < 1.29 is 14.3 Å². The van der Waals surface area contributed by atoms with Crippen molar-refractivity contribution in [2.45, 2.75) is 45.1 Å². The lowest BCUT2D eigenvalue weighted by atomic mass is 10.0. The minimum Gasteiger partial charge on any atom is -0.497 e. The Morgan fingerprint density at radius 2 is 1.93 bits per heavy atom. The van der Waals surface area contributed by atoms with Crippen LogP contribution in [-0.4, -0.2) is 37.1 Å². The smallest absolute Gasteiger partial charge is 0.223 e. The molecule has 1 heterocycles. The Morgan fingerprint density at radius 1 is 1.11 bits per heavy atom. The molecular weight excluding hydrogens is 338 g/mol. The molecule has 1 fully saturated rings. The van der Waals surface area contributed by atoms with E-state index in [9.17, 15) is 4.79 Å². The fourth-order valence-electron chi connectivity index (χ4n) is 3.76. The van der Waals surface area contributed by atoms with E-state index >= 15 is 0 Å². The SMILES string of the molecule is CCOc1ccc(CCC(=O)N2CCCC2Cc2cccc(OC)c2)cc1. The molecule has 0 N–H and O–H groups in total. The molecule has 0 radical (unpaired) electrons. The summed E-state index contributed by atoms with van der Waals surface area (Å²) < 4.78 is 10.8. The number of ether oxygens (including phenoxy) is 2. The fraction of sp³-hybridized carbons (Fsp3) is 0.435. The second-order valence-electron chi connectivity index (χ2n) is 7.02. The molecule has 0 aromatic heterocycles. The Balaban J connectivity index is 1.55. The van der Waals surface area contributed by atoms with Gasteiger partial charge in [0.25, 0.3) is 0 Å². The molecule has 1 atom stereocenters. The lowest BCUT2D eigenvalue weighted by molar-refractivity contribution is -0.131. The summed E-state index contributed by atoms with van der Waals surface area (Å²) in [6.07, 6.45) is 4.39. The molecule has 0 spiro atoms. The first-order valence-electron chi connectivity index (χ1n) is 9.83. The van der Waals surface area contributed by atoms with Crippen LogP contribution in [0.5, 0.6) is 11.5 Å². The second-order valence-corrected chi connectivity index (χ2v) is 7.02. The molecule has 0 saturated carbocycles. The fourth-order valence-corrected chi connectivity index (χ4v) is 3.76. The minimum absolute atomic E-state index is 0.259. The molecule has 0 bridgehead atoms. The number of methoxy groups -OCH3 is 1. The lowest BCUT2D eigenvalue weighted by Gasteiger charge is -2.25. The first-order chi connectivity index (χ1) is 13.2. The number of hydrogen-bond donors (Lipinski definition) is 0. The van der Waals surface area contributed by atoms with Crippen molar-refractivity contribution in [1.82, 2.24) is 4.90 Å². The molecule has 4 nitrogen and oxygen atoms in total. The number of rotatable bonds is 8. The molecule has 0 aliphatic carbocycles. The summed E-state index contributed by atoms with van der Waals surface area (Å²) in [5, 5.41) is 0. The zero-order valence-electron chi connectivity index (χ0n) is 16.3. The van der Waals surface area contributed by atoms with Crippen LogP contribution in [0, 0.1) is 0 Å². The van der Waals surface area contributed by atoms with Gasteiger partial charge >= 0.3 is 0 Å². The number of carbonyl (C=O) groups excluding carboxylic acids is 1. The van der Waals surface area contributed by atoms with Gasteiger partial charge < -0.3 is 14.4 Å². The van der Waals surface area contributed by atoms with Crippen LogP contribution in [0.4, 0.5) is 0 Å². The number of carbonyl (C=O) groups is 1. The van der Waals surface area contributed by atoms with Crippen molar-refractivity contribution in [3.63, 3.8) is 0 Å². The van der Waals surface area contributed by atoms with Crippen LogP contribution in [0.3, 0.4) is 0 Å². The van der Waals surface area contributed by atoms with Crippen molar-refractivity contribution >= 4 is 5.91 Å². The number of benzene rings is 2. The van der Waals surface area contributed by atoms with Crippen molar-refractivity contribution in [3.05, 3.63) is 59.7 Å². The highest BCUT2D eigenvalue weighted by Gasteiger charge is 2.28. The van der Waals surface area contributed by atoms with E-state index in [1.807, 2.05) is 31.2 Å². The summed E-state index contributed by atoms with van der Waals surface area (Å²) in [5.41, 5.74) is 2.40. The van der Waals surface area contributed by atoms with Gasteiger partial charge in [-0.15, -0.1) is 0 Å². The molecule has 1 amide bonds. The normalized spacial score (nSPS) is 16.4. The molecule has 1 aliphatic rings. The summed E-state index contributed by atoms with van der Waals surface area (Å²) in [6.45, 7) is 3.52. The van der Waals surface area contributed by atoms with E-state index in [2.05, 4.69) is 29.2 Å². The Kier molecular flexibility index (Phi) is 6.74. The molecule has 1 unspecified atom stereocenters. The number of nitrogens with zero attached hydrogens (tertiary/aromatic N) is 1. The molecule has 4 heteroatoms. The van der Waals surface area contributed by atoms with Crippen molar-refractivity contribution in [2.75, 3.05) is 20.3 Å². The predicted molar refractivity (Wildman–Crippen MR) is 107 cm³/mol. The van der Waals surface area contributed by atoms with Crippen LogP contribution in [0.25, 0.3) is 0 Å². The molecule has 144 valence electrons. The maximum Gasteiger partial charge on any atom is 0.223 e. The Bertz CT molecular complexity index is 742.